The second kappa shape index (κ2) is 10.2. The van der Waals surface area contributed by atoms with Gasteiger partial charge in [-0.15, -0.1) is 0 Å². The van der Waals surface area contributed by atoms with Gasteiger partial charge in [0.05, 0.1) is 28.6 Å². The van der Waals surface area contributed by atoms with Gasteiger partial charge in [0.25, 0.3) is 10.0 Å². The molecule has 6 nitrogen and oxygen atoms in total. The van der Waals surface area contributed by atoms with Crippen molar-refractivity contribution in [3.8, 4) is 0 Å². The second-order valence-electron chi connectivity index (χ2n) is 9.83. The summed E-state index contributed by atoms with van der Waals surface area (Å²) < 4.78 is 80.2. The molecule has 2 aliphatic rings. The SMILES string of the molecule is C=C1/C(=C\C=C(/C)Br)O[C@@H]([C@H]2CC[C@@H]2C(=O)OC(C)(C)C)CN1S(=O)(=O)c1cccc(C(F)(F)F)c1. The molecule has 1 aromatic rings. The smallest absolute Gasteiger partial charge is 0.416 e. The van der Waals surface area contributed by atoms with Crippen LogP contribution in [0.2, 0.25) is 0 Å². The number of rotatable bonds is 5. The lowest BCUT2D eigenvalue weighted by Gasteiger charge is -2.46. The number of nitrogens with zero attached hydrogens (tertiary/aromatic N) is 1. The average molecular weight is 592 g/mol. The molecule has 3 atom stereocenters. The first-order valence-corrected chi connectivity index (χ1v) is 13.6. The van der Waals surface area contributed by atoms with E-state index in [0.29, 0.717) is 18.9 Å². The minimum absolute atomic E-state index is 0.0122. The lowest BCUT2D eigenvalue weighted by molar-refractivity contribution is -0.170. The number of alkyl halides is 3. The highest BCUT2D eigenvalue weighted by Gasteiger charge is 2.48. The van der Waals surface area contributed by atoms with E-state index in [9.17, 15) is 26.4 Å². The largest absolute Gasteiger partial charge is 0.486 e. The van der Waals surface area contributed by atoms with E-state index in [1.54, 1.807) is 33.8 Å². The molecule has 0 unspecified atom stereocenters. The molecule has 0 amide bonds. The molecule has 1 heterocycles. The number of halogens is 4. The van der Waals surface area contributed by atoms with Crippen LogP contribution >= 0.6 is 15.9 Å². The maximum atomic E-state index is 13.5. The molecule has 2 fully saturated rings. The number of hydrogen-bond acceptors (Lipinski definition) is 5. The first kappa shape index (κ1) is 28.3. The van der Waals surface area contributed by atoms with Gasteiger partial charge in [-0.3, -0.25) is 9.10 Å². The van der Waals surface area contributed by atoms with Gasteiger partial charge >= 0.3 is 12.1 Å². The monoisotopic (exact) mass is 591 g/mol. The molecule has 0 spiro atoms. The van der Waals surface area contributed by atoms with Crippen LogP contribution in [0.15, 0.2) is 63.8 Å². The molecule has 36 heavy (non-hydrogen) atoms. The van der Waals surface area contributed by atoms with E-state index in [1.807, 2.05) is 0 Å². The summed E-state index contributed by atoms with van der Waals surface area (Å²) in [5.41, 5.74) is -1.76. The molecule has 0 N–H and O–H groups in total. The normalized spacial score (nSPS) is 24.8. The van der Waals surface area contributed by atoms with Crippen molar-refractivity contribution in [1.82, 2.24) is 4.31 Å². The maximum absolute atomic E-state index is 13.5. The van der Waals surface area contributed by atoms with Crippen LogP contribution in [0.3, 0.4) is 0 Å². The van der Waals surface area contributed by atoms with Crippen molar-refractivity contribution in [1.29, 1.82) is 0 Å². The number of morpholine rings is 1. The van der Waals surface area contributed by atoms with Crippen molar-refractivity contribution >= 4 is 31.9 Å². The number of allylic oxidation sites excluding steroid dienone is 3. The zero-order valence-corrected chi connectivity index (χ0v) is 22.8. The predicted octanol–water partition coefficient (Wildman–Crippen LogP) is 6.16. The van der Waals surface area contributed by atoms with E-state index < -0.39 is 44.3 Å². The fourth-order valence-corrected chi connectivity index (χ4v) is 5.69. The van der Waals surface area contributed by atoms with E-state index in [-0.39, 0.29) is 29.9 Å². The zero-order valence-electron chi connectivity index (χ0n) is 20.4. The number of benzene rings is 1. The summed E-state index contributed by atoms with van der Waals surface area (Å²) in [7, 11) is -4.42. The number of carbonyl (C=O) groups excluding carboxylic acids is 1. The first-order valence-electron chi connectivity index (χ1n) is 11.3. The first-order chi connectivity index (χ1) is 16.5. The zero-order chi connectivity index (χ0) is 27.1. The Bertz CT molecular complexity index is 1200. The summed E-state index contributed by atoms with van der Waals surface area (Å²) in [4.78, 5) is 12.2. The van der Waals surface area contributed by atoms with Gasteiger partial charge in [-0.05, 0) is 75.4 Å². The van der Waals surface area contributed by atoms with Gasteiger partial charge in [-0.2, -0.15) is 13.2 Å². The Kier molecular flexibility index (Phi) is 8.05. The molecule has 0 radical (unpaired) electrons. The lowest BCUT2D eigenvalue weighted by Crippen LogP contribution is -2.52. The van der Waals surface area contributed by atoms with Gasteiger partial charge < -0.3 is 9.47 Å². The fraction of sp³-hybridized carbons (Fsp3) is 0.480. The molecule has 0 aromatic heterocycles. The standard InChI is InChI=1S/C25H29BrF3NO5S/c1-15(26)9-12-21-16(2)30(36(32,33)18-8-6-7-17(13-18)25(27,28)29)14-22(34-21)19-10-11-20(19)23(31)35-24(3,4)5/h6-9,12-13,19-20,22H,2,10-11,14H2,1,3-5H3/b15-9+,21-12+/t19-,20-,22+/m0/s1. The topological polar surface area (TPSA) is 72.9 Å². The van der Waals surface area contributed by atoms with Gasteiger partial charge in [0.2, 0.25) is 0 Å². The van der Waals surface area contributed by atoms with Crippen LogP contribution in [-0.4, -0.2) is 36.9 Å². The quantitative estimate of drug-likeness (QED) is 0.383. The summed E-state index contributed by atoms with van der Waals surface area (Å²) in [6.45, 7) is 10.7. The fourth-order valence-electron chi connectivity index (χ4n) is 4.06. The van der Waals surface area contributed by atoms with Crippen LogP contribution in [-0.2, 0) is 30.5 Å². The van der Waals surface area contributed by atoms with Crippen molar-refractivity contribution in [3.05, 3.63) is 64.5 Å². The molecule has 1 saturated carbocycles. The van der Waals surface area contributed by atoms with Crippen molar-refractivity contribution in [2.24, 2.45) is 11.8 Å². The van der Waals surface area contributed by atoms with Crippen LogP contribution in [0.25, 0.3) is 0 Å². The van der Waals surface area contributed by atoms with Crippen LogP contribution in [0.1, 0.15) is 46.1 Å². The van der Waals surface area contributed by atoms with Crippen LogP contribution < -0.4 is 0 Å². The molecule has 1 aromatic carbocycles. The second-order valence-corrected chi connectivity index (χ2v) is 12.9. The third-order valence-corrected chi connectivity index (χ3v) is 8.00. The molecule has 1 saturated heterocycles. The molecular weight excluding hydrogens is 563 g/mol. The Morgan fingerprint density at radius 3 is 2.44 bits per heavy atom. The third kappa shape index (κ3) is 6.34. The molecule has 1 aliphatic carbocycles. The highest BCUT2D eigenvalue weighted by atomic mass is 79.9. The molecule has 1 aliphatic heterocycles. The van der Waals surface area contributed by atoms with Gasteiger partial charge in [0.1, 0.15) is 17.5 Å². The number of sulfonamides is 1. The Labute approximate surface area is 218 Å². The third-order valence-electron chi connectivity index (χ3n) is 5.94. The molecule has 3 rings (SSSR count). The van der Waals surface area contributed by atoms with E-state index in [1.165, 1.54) is 6.08 Å². The number of ether oxygens (including phenoxy) is 2. The highest BCUT2D eigenvalue weighted by molar-refractivity contribution is 9.11. The van der Waals surface area contributed by atoms with Crippen molar-refractivity contribution in [2.75, 3.05) is 6.54 Å². The summed E-state index contributed by atoms with van der Waals surface area (Å²) in [5.74, 6) is -1.05. The Balaban J connectivity index is 1.98. The van der Waals surface area contributed by atoms with E-state index in [4.69, 9.17) is 9.47 Å². The summed E-state index contributed by atoms with van der Waals surface area (Å²) in [5, 5.41) is 0. The minimum Gasteiger partial charge on any atom is -0.486 e. The van der Waals surface area contributed by atoms with Crippen LogP contribution in [0.5, 0.6) is 0 Å². The van der Waals surface area contributed by atoms with Gasteiger partial charge in [0, 0.05) is 5.92 Å². The van der Waals surface area contributed by atoms with E-state index in [0.717, 1.165) is 27.0 Å². The summed E-state index contributed by atoms with van der Waals surface area (Å²) >= 11 is 3.30. The van der Waals surface area contributed by atoms with Crippen molar-refractivity contribution in [2.45, 2.75) is 63.3 Å². The van der Waals surface area contributed by atoms with Crippen molar-refractivity contribution in [3.63, 3.8) is 0 Å². The number of carbonyl (C=O) groups is 1. The Hall–Kier alpha value is -2.27. The summed E-state index contributed by atoms with van der Waals surface area (Å²) in [6, 6.07) is 3.58. The van der Waals surface area contributed by atoms with E-state index >= 15 is 0 Å². The number of esters is 1. The minimum atomic E-state index is -4.70. The number of hydrogen-bond donors (Lipinski definition) is 0. The van der Waals surface area contributed by atoms with Gasteiger partial charge in [0.15, 0.2) is 0 Å². The molecule has 11 heteroatoms. The predicted molar refractivity (Wildman–Crippen MR) is 132 cm³/mol. The highest BCUT2D eigenvalue weighted by Crippen LogP contribution is 2.44. The van der Waals surface area contributed by atoms with Crippen LogP contribution in [0, 0.1) is 11.8 Å². The maximum Gasteiger partial charge on any atom is 0.416 e. The lowest BCUT2D eigenvalue weighted by atomic mass is 9.70. The molecule has 0 bridgehead atoms. The molecule has 198 valence electrons. The van der Waals surface area contributed by atoms with Gasteiger partial charge in [-0.1, -0.05) is 28.6 Å². The summed E-state index contributed by atoms with van der Waals surface area (Å²) in [6.07, 6.45) is -1.07. The van der Waals surface area contributed by atoms with Crippen LogP contribution in [0.4, 0.5) is 13.2 Å². The Morgan fingerprint density at radius 2 is 1.92 bits per heavy atom. The van der Waals surface area contributed by atoms with E-state index in [2.05, 4.69) is 22.5 Å². The van der Waals surface area contributed by atoms with Crippen molar-refractivity contribution < 1.29 is 35.9 Å². The molecular formula is C25H29BrF3NO5S. The van der Waals surface area contributed by atoms with Gasteiger partial charge in [-0.25, -0.2) is 8.42 Å². The Morgan fingerprint density at radius 1 is 1.25 bits per heavy atom. The average Bonchev–Trinajstić information content (AvgIpc) is 2.70.